The highest BCUT2D eigenvalue weighted by molar-refractivity contribution is 7.19. The molecule has 0 aromatic carbocycles. The quantitative estimate of drug-likeness (QED) is 0.788. The summed E-state index contributed by atoms with van der Waals surface area (Å²) >= 11 is 1.69. The van der Waals surface area contributed by atoms with Gasteiger partial charge in [-0.25, -0.2) is 19.3 Å². The normalized spacial score (nSPS) is 13.6. The van der Waals surface area contributed by atoms with E-state index in [1.807, 2.05) is 7.05 Å². The lowest BCUT2D eigenvalue weighted by molar-refractivity contribution is 0.624. The fourth-order valence-electron chi connectivity index (χ4n) is 2.83. The predicted octanol–water partition coefficient (Wildman–Crippen LogP) is 3.42. The van der Waals surface area contributed by atoms with E-state index in [-0.39, 0.29) is 5.69 Å². The molecule has 4 rings (SSSR count). The maximum atomic E-state index is 13.9. The molecule has 6 heteroatoms. The van der Waals surface area contributed by atoms with Gasteiger partial charge in [-0.3, -0.25) is 0 Å². The molecule has 4 nitrogen and oxygen atoms in total. The number of nitrogens with one attached hydrogen (secondary N) is 1. The lowest BCUT2D eigenvalue weighted by Crippen LogP contribution is -2.00. The maximum Gasteiger partial charge on any atom is 0.184 e. The number of aryl methyl sites for hydroxylation is 2. The van der Waals surface area contributed by atoms with E-state index >= 15 is 0 Å². The van der Waals surface area contributed by atoms with Gasteiger partial charge in [0.25, 0.3) is 0 Å². The van der Waals surface area contributed by atoms with E-state index in [0.29, 0.717) is 5.82 Å². The molecule has 0 amide bonds. The molecular weight excluding hydrogens is 287 g/mol. The molecule has 3 aromatic heterocycles. The average molecular weight is 300 g/mol. The minimum absolute atomic E-state index is 0.199. The number of anilines is 1. The smallest absolute Gasteiger partial charge is 0.184 e. The van der Waals surface area contributed by atoms with Crippen molar-refractivity contribution in [3.63, 3.8) is 0 Å². The zero-order chi connectivity index (χ0) is 14.4. The first-order valence-electron chi connectivity index (χ1n) is 6.89. The van der Waals surface area contributed by atoms with Crippen LogP contribution in [-0.4, -0.2) is 22.0 Å². The van der Waals surface area contributed by atoms with Gasteiger partial charge in [0.15, 0.2) is 11.6 Å². The molecule has 0 fully saturated rings. The van der Waals surface area contributed by atoms with E-state index in [2.05, 4.69) is 20.3 Å². The molecule has 0 saturated heterocycles. The Balaban J connectivity index is 1.99. The molecule has 0 aliphatic heterocycles. The number of nitrogens with zero attached hydrogens (tertiary/aromatic N) is 3. The number of aromatic nitrogens is 3. The molecule has 0 bridgehead atoms. The van der Waals surface area contributed by atoms with Gasteiger partial charge in [-0.05, 0) is 37.0 Å². The highest BCUT2D eigenvalue weighted by Gasteiger charge is 2.23. The number of hydrogen-bond donors (Lipinski definition) is 1. The van der Waals surface area contributed by atoms with E-state index in [0.717, 1.165) is 28.9 Å². The Kier molecular flexibility index (Phi) is 2.85. The van der Waals surface area contributed by atoms with E-state index in [1.165, 1.54) is 22.9 Å². The molecule has 0 spiro atoms. The van der Waals surface area contributed by atoms with Gasteiger partial charge in [-0.15, -0.1) is 11.3 Å². The standard InChI is InChI=1S/C15H13FN4S/c1-17-13-11-8-4-2-6-10(8)21-15(11)20-14(19-13)12-9(16)5-3-7-18-12/h3,5,7H,2,4,6H2,1H3,(H,17,19,20). The number of fused-ring (bicyclic) bond motifs is 3. The van der Waals surface area contributed by atoms with Crippen LogP contribution < -0.4 is 5.32 Å². The largest absolute Gasteiger partial charge is 0.372 e. The van der Waals surface area contributed by atoms with Crippen molar-refractivity contribution >= 4 is 27.4 Å². The zero-order valence-electron chi connectivity index (χ0n) is 11.5. The molecule has 3 heterocycles. The van der Waals surface area contributed by atoms with Crippen LogP contribution in [0, 0.1) is 5.82 Å². The van der Waals surface area contributed by atoms with Gasteiger partial charge in [0, 0.05) is 18.1 Å². The lowest BCUT2D eigenvalue weighted by Gasteiger charge is -2.07. The molecule has 106 valence electrons. The van der Waals surface area contributed by atoms with Crippen molar-refractivity contribution in [3.8, 4) is 11.5 Å². The van der Waals surface area contributed by atoms with Crippen molar-refractivity contribution in [2.75, 3.05) is 12.4 Å². The van der Waals surface area contributed by atoms with E-state index < -0.39 is 5.82 Å². The Hall–Kier alpha value is -2.08. The van der Waals surface area contributed by atoms with Gasteiger partial charge in [-0.1, -0.05) is 0 Å². The minimum Gasteiger partial charge on any atom is -0.372 e. The Morgan fingerprint density at radius 1 is 1.29 bits per heavy atom. The van der Waals surface area contributed by atoms with Gasteiger partial charge in [-0.2, -0.15) is 0 Å². The summed E-state index contributed by atoms with van der Waals surface area (Å²) in [4.78, 5) is 15.4. The van der Waals surface area contributed by atoms with E-state index in [4.69, 9.17) is 0 Å². The van der Waals surface area contributed by atoms with Crippen LogP contribution in [0.2, 0.25) is 0 Å². The monoisotopic (exact) mass is 300 g/mol. The van der Waals surface area contributed by atoms with Crippen LogP contribution >= 0.6 is 11.3 Å². The van der Waals surface area contributed by atoms with Crippen LogP contribution in [0.15, 0.2) is 18.3 Å². The van der Waals surface area contributed by atoms with Gasteiger partial charge in [0.1, 0.15) is 16.3 Å². The number of rotatable bonds is 2. The van der Waals surface area contributed by atoms with Crippen LogP contribution in [0.5, 0.6) is 0 Å². The van der Waals surface area contributed by atoms with Crippen LogP contribution in [-0.2, 0) is 12.8 Å². The first kappa shape index (κ1) is 12.6. The second-order valence-corrected chi connectivity index (χ2v) is 6.10. The van der Waals surface area contributed by atoms with Crippen molar-refractivity contribution in [1.82, 2.24) is 15.0 Å². The fraction of sp³-hybridized carbons (Fsp3) is 0.267. The van der Waals surface area contributed by atoms with Crippen LogP contribution in [0.3, 0.4) is 0 Å². The summed E-state index contributed by atoms with van der Waals surface area (Å²) in [5.74, 6) is 0.701. The molecule has 0 saturated carbocycles. The number of thiophene rings is 1. The molecule has 1 N–H and O–H groups in total. The Labute approximate surface area is 125 Å². The van der Waals surface area contributed by atoms with Crippen LogP contribution in [0.4, 0.5) is 10.2 Å². The van der Waals surface area contributed by atoms with Crippen LogP contribution in [0.1, 0.15) is 16.9 Å². The fourth-order valence-corrected chi connectivity index (χ4v) is 4.09. The molecule has 21 heavy (non-hydrogen) atoms. The Morgan fingerprint density at radius 2 is 2.19 bits per heavy atom. The maximum absolute atomic E-state index is 13.9. The van der Waals surface area contributed by atoms with Gasteiger partial charge < -0.3 is 5.32 Å². The summed E-state index contributed by atoms with van der Waals surface area (Å²) in [5.41, 5.74) is 1.55. The third kappa shape index (κ3) is 1.90. The molecular formula is C15H13FN4S. The van der Waals surface area contributed by atoms with Crippen molar-refractivity contribution in [2.24, 2.45) is 0 Å². The zero-order valence-corrected chi connectivity index (χ0v) is 12.3. The minimum atomic E-state index is -0.400. The summed E-state index contributed by atoms with van der Waals surface area (Å²) in [6, 6.07) is 2.94. The van der Waals surface area contributed by atoms with Gasteiger partial charge in [0.05, 0.1) is 5.39 Å². The summed E-state index contributed by atoms with van der Waals surface area (Å²) in [7, 11) is 1.83. The van der Waals surface area contributed by atoms with Crippen molar-refractivity contribution in [2.45, 2.75) is 19.3 Å². The third-order valence-corrected chi connectivity index (χ3v) is 4.96. The first-order chi connectivity index (χ1) is 10.3. The SMILES string of the molecule is CNc1nc(-c2ncccc2F)nc2sc3c(c12)CCC3. The number of hydrogen-bond acceptors (Lipinski definition) is 5. The lowest BCUT2D eigenvalue weighted by atomic mass is 10.2. The average Bonchev–Trinajstić information content (AvgIpc) is 3.07. The van der Waals surface area contributed by atoms with Crippen molar-refractivity contribution < 1.29 is 4.39 Å². The highest BCUT2D eigenvalue weighted by Crippen LogP contribution is 2.40. The molecule has 0 unspecified atom stereocenters. The summed E-state index contributed by atoms with van der Waals surface area (Å²) < 4.78 is 13.9. The summed E-state index contributed by atoms with van der Waals surface area (Å²) in [6.07, 6.45) is 4.92. The first-order valence-corrected chi connectivity index (χ1v) is 7.70. The summed E-state index contributed by atoms with van der Waals surface area (Å²) in [5, 5.41) is 4.21. The van der Waals surface area contributed by atoms with Crippen LogP contribution in [0.25, 0.3) is 21.7 Å². The van der Waals surface area contributed by atoms with Gasteiger partial charge >= 0.3 is 0 Å². The summed E-state index contributed by atoms with van der Waals surface area (Å²) in [6.45, 7) is 0. The molecule has 0 radical (unpaired) electrons. The Morgan fingerprint density at radius 3 is 3.00 bits per heavy atom. The molecule has 1 aliphatic rings. The second kappa shape index (κ2) is 4.73. The van der Waals surface area contributed by atoms with Gasteiger partial charge in [0.2, 0.25) is 0 Å². The topological polar surface area (TPSA) is 50.7 Å². The molecule has 0 atom stereocenters. The van der Waals surface area contributed by atoms with E-state index in [1.54, 1.807) is 23.6 Å². The second-order valence-electron chi connectivity index (χ2n) is 5.02. The molecule has 1 aliphatic carbocycles. The third-order valence-electron chi connectivity index (χ3n) is 3.77. The Bertz CT molecular complexity index is 843. The number of pyridine rings is 1. The van der Waals surface area contributed by atoms with E-state index in [9.17, 15) is 4.39 Å². The molecule has 3 aromatic rings. The van der Waals surface area contributed by atoms with Crippen molar-refractivity contribution in [3.05, 3.63) is 34.6 Å². The number of halogens is 1. The van der Waals surface area contributed by atoms with Crippen molar-refractivity contribution in [1.29, 1.82) is 0 Å². The predicted molar refractivity (Wildman–Crippen MR) is 82.2 cm³/mol. The highest BCUT2D eigenvalue weighted by atomic mass is 32.1.